The Labute approximate surface area is 201 Å². The Morgan fingerprint density at radius 2 is 2.09 bits per heavy atom. The van der Waals surface area contributed by atoms with Crippen LogP contribution in [0.15, 0.2) is 47.8 Å². The number of nitriles is 1. The van der Waals surface area contributed by atoms with E-state index in [1.807, 2.05) is 30.5 Å². The minimum atomic E-state index is 0.178. The monoisotopic (exact) mass is 485 g/mol. The van der Waals surface area contributed by atoms with E-state index in [1.54, 1.807) is 6.20 Å². The van der Waals surface area contributed by atoms with Crippen LogP contribution < -0.4 is 9.47 Å². The summed E-state index contributed by atoms with van der Waals surface area (Å²) < 4.78 is 11.6. The highest BCUT2D eigenvalue weighted by Gasteiger charge is 2.26. The Morgan fingerprint density at radius 1 is 1.22 bits per heavy atom. The lowest BCUT2D eigenvalue weighted by atomic mass is 9.91. The van der Waals surface area contributed by atoms with Gasteiger partial charge in [0, 0.05) is 12.1 Å². The lowest BCUT2D eigenvalue weighted by Gasteiger charge is -2.16. The van der Waals surface area contributed by atoms with Crippen molar-refractivity contribution in [3.8, 4) is 17.6 Å². The van der Waals surface area contributed by atoms with Gasteiger partial charge in [0.2, 0.25) is 0 Å². The average Bonchev–Trinajstić information content (AvgIpc) is 3.25. The number of fused-ring (bicyclic) bond motifs is 1. The molecule has 4 rings (SSSR count). The second-order valence-electron chi connectivity index (χ2n) is 7.30. The fraction of sp³-hybridized carbons (Fsp3) is 0.292. The molecule has 0 spiro atoms. The van der Waals surface area contributed by atoms with Crippen molar-refractivity contribution in [3.63, 3.8) is 0 Å². The summed E-state index contributed by atoms with van der Waals surface area (Å²) in [6.45, 7) is 0.696. The van der Waals surface area contributed by atoms with Gasteiger partial charge >= 0.3 is 0 Å². The summed E-state index contributed by atoms with van der Waals surface area (Å²) in [5.41, 5.74) is 4.77. The molecule has 0 aliphatic heterocycles. The van der Waals surface area contributed by atoms with Gasteiger partial charge in [-0.15, -0.1) is 11.6 Å². The van der Waals surface area contributed by atoms with Crippen LogP contribution in [0.2, 0.25) is 5.02 Å². The average molecular weight is 486 g/mol. The van der Waals surface area contributed by atoms with E-state index in [0.29, 0.717) is 35.4 Å². The number of halogens is 2. The highest BCUT2D eigenvalue weighted by atomic mass is 35.5. The first kappa shape index (κ1) is 22.7. The van der Waals surface area contributed by atoms with E-state index < -0.39 is 0 Å². The molecule has 32 heavy (non-hydrogen) atoms. The number of aromatic nitrogens is 2. The molecule has 0 fully saturated rings. The zero-order chi connectivity index (χ0) is 22.5. The van der Waals surface area contributed by atoms with E-state index >= 15 is 0 Å². The van der Waals surface area contributed by atoms with Crippen LogP contribution in [0.4, 0.5) is 0 Å². The first-order valence-electron chi connectivity index (χ1n) is 10.2. The van der Waals surface area contributed by atoms with Crippen molar-refractivity contribution in [1.29, 1.82) is 5.26 Å². The predicted octanol–water partition coefficient (Wildman–Crippen LogP) is 6.00. The van der Waals surface area contributed by atoms with Gasteiger partial charge in [0.25, 0.3) is 0 Å². The van der Waals surface area contributed by atoms with E-state index in [0.717, 1.165) is 35.0 Å². The third kappa shape index (κ3) is 4.96. The van der Waals surface area contributed by atoms with Crippen molar-refractivity contribution < 1.29 is 9.47 Å². The van der Waals surface area contributed by atoms with E-state index in [2.05, 4.69) is 28.2 Å². The highest BCUT2D eigenvalue weighted by molar-refractivity contribution is 7.98. The minimum absolute atomic E-state index is 0.178. The molecule has 1 unspecified atom stereocenters. The van der Waals surface area contributed by atoms with Gasteiger partial charge < -0.3 is 9.47 Å². The van der Waals surface area contributed by atoms with Gasteiger partial charge in [-0.3, -0.25) is 0 Å². The first-order valence-corrected chi connectivity index (χ1v) is 12.3. The van der Waals surface area contributed by atoms with Crippen molar-refractivity contribution in [1.82, 2.24) is 9.97 Å². The van der Waals surface area contributed by atoms with Crippen LogP contribution in [0, 0.1) is 11.3 Å². The van der Waals surface area contributed by atoms with Gasteiger partial charge in [-0.1, -0.05) is 29.4 Å². The molecule has 0 bridgehead atoms. The van der Waals surface area contributed by atoms with E-state index in [4.69, 9.17) is 32.7 Å². The standard InChI is InChI=1S/C24H21Cl2N3O2S/c1-32-24-28-8-6-18(29-24)14-31-19-3-5-20-15(11-19)2-4-21(20)16-10-17(13-27)23(22(26)12-16)30-9-7-25/h3,5-6,8,10-12,21H,2,4,7,9,14H2,1H3. The lowest BCUT2D eigenvalue weighted by molar-refractivity contribution is 0.299. The van der Waals surface area contributed by atoms with Gasteiger partial charge in [-0.2, -0.15) is 5.26 Å². The van der Waals surface area contributed by atoms with E-state index in [1.165, 1.54) is 22.9 Å². The molecule has 1 atom stereocenters. The normalized spacial score (nSPS) is 14.6. The van der Waals surface area contributed by atoms with E-state index in [9.17, 15) is 5.26 Å². The molecule has 1 aromatic heterocycles. The number of nitrogens with zero attached hydrogens (tertiary/aromatic N) is 3. The fourth-order valence-electron chi connectivity index (χ4n) is 3.93. The number of hydrogen-bond donors (Lipinski definition) is 0. The molecule has 0 amide bonds. The molecule has 0 saturated carbocycles. The summed E-state index contributed by atoms with van der Waals surface area (Å²) in [7, 11) is 0. The molecule has 5 nitrogen and oxygen atoms in total. The summed E-state index contributed by atoms with van der Waals surface area (Å²) in [5.74, 6) is 1.72. The molecule has 2 aromatic carbocycles. The number of rotatable bonds is 8. The number of aryl methyl sites for hydroxylation is 1. The van der Waals surface area contributed by atoms with Crippen LogP contribution in [0.1, 0.15) is 40.3 Å². The molecule has 1 heterocycles. The molecule has 0 N–H and O–H groups in total. The Morgan fingerprint density at radius 3 is 2.88 bits per heavy atom. The third-order valence-corrected chi connectivity index (χ3v) is 6.36. The second-order valence-corrected chi connectivity index (χ2v) is 8.86. The maximum atomic E-state index is 9.58. The molecular formula is C24H21Cl2N3O2S. The second kappa shape index (κ2) is 10.4. The molecule has 0 saturated heterocycles. The molecule has 1 aliphatic carbocycles. The lowest BCUT2D eigenvalue weighted by Crippen LogP contribution is -2.03. The number of alkyl halides is 1. The van der Waals surface area contributed by atoms with Crippen LogP contribution in [0.5, 0.6) is 11.5 Å². The summed E-state index contributed by atoms with van der Waals surface area (Å²) in [5, 5.41) is 10.7. The molecule has 1 aliphatic rings. The maximum Gasteiger partial charge on any atom is 0.187 e. The number of benzene rings is 2. The van der Waals surface area contributed by atoms with Crippen molar-refractivity contribution >= 4 is 35.0 Å². The van der Waals surface area contributed by atoms with Crippen molar-refractivity contribution in [3.05, 3.63) is 75.6 Å². The van der Waals surface area contributed by atoms with E-state index in [-0.39, 0.29) is 5.92 Å². The van der Waals surface area contributed by atoms with Gasteiger partial charge in [0.05, 0.1) is 22.2 Å². The molecule has 0 radical (unpaired) electrons. The topological polar surface area (TPSA) is 68.0 Å². The largest absolute Gasteiger partial charge is 0.489 e. The molecule has 164 valence electrons. The quantitative estimate of drug-likeness (QED) is 0.221. The van der Waals surface area contributed by atoms with Crippen LogP contribution in [-0.4, -0.2) is 28.7 Å². The summed E-state index contributed by atoms with van der Waals surface area (Å²) in [4.78, 5) is 8.64. The number of ether oxygens (including phenoxy) is 2. The highest BCUT2D eigenvalue weighted by Crippen LogP contribution is 2.42. The zero-order valence-electron chi connectivity index (χ0n) is 17.5. The van der Waals surface area contributed by atoms with Gasteiger partial charge in [0.15, 0.2) is 10.9 Å². The molecule has 3 aromatic rings. The smallest absolute Gasteiger partial charge is 0.187 e. The van der Waals surface area contributed by atoms with Crippen LogP contribution in [0.3, 0.4) is 0 Å². The van der Waals surface area contributed by atoms with Crippen LogP contribution >= 0.6 is 35.0 Å². The Balaban J connectivity index is 1.52. The summed E-state index contributed by atoms with van der Waals surface area (Å²) >= 11 is 13.7. The van der Waals surface area contributed by atoms with Gasteiger partial charge in [-0.05, 0) is 66.1 Å². The summed E-state index contributed by atoms with van der Waals surface area (Å²) in [6, 6.07) is 14.0. The van der Waals surface area contributed by atoms with Crippen molar-refractivity contribution in [2.75, 3.05) is 18.7 Å². The third-order valence-electron chi connectivity index (χ3n) is 5.36. The zero-order valence-corrected chi connectivity index (χ0v) is 19.8. The SMILES string of the molecule is CSc1nccc(COc2ccc3c(c2)CCC3c2cc(Cl)c(OCCCl)c(C#N)c2)n1. The Bertz CT molecular complexity index is 1170. The van der Waals surface area contributed by atoms with Crippen LogP contribution in [-0.2, 0) is 13.0 Å². The Kier molecular flexibility index (Phi) is 7.41. The predicted molar refractivity (Wildman–Crippen MR) is 127 cm³/mol. The number of thioether (sulfide) groups is 1. The summed E-state index contributed by atoms with van der Waals surface area (Å²) in [6.07, 6.45) is 5.58. The van der Waals surface area contributed by atoms with Crippen molar-refractivity contribution in [2.24, 2.45) is 0 Å². The molecule has 8 heteroatoms. The fourth-order valence-corrected chi connectivity index (χ4v) is 4.66. The minimum Gasteiger partial charge on any atom is -0.489 e. The Hall–Kier alpha value is -2.46. The molecular weight excluding hydrogens is 465 g/mol. The van der Waals surface area contributed by atoms with Crippen molar-refractivity contribution in [2.45, 2.75) is 30.5 Å². The maximum absolute atomic E-state index is 9.58. The van der Waals surface area contributed by atoms with Gasteiger partial charge in [-0.25, -0.2) is 9.97 Å². The van der Waals surface area contributed by atoms with Gasteiger partial charge in [0.1, 0.15) is 25.0 Å². The van der Waals surface area contributed by atoms with Crippen LogP contribution in [0.25, 0.3) is 0 Å². The number of hydrogen-bond acceptors (Lipinski definition) is 6. The first-order chi connectivity index (χ1) is 15.6.